The molecule has 4 nitrogen and oxygen atoms in total. The normalized spacial score (nSPS) is 10.2. The minimum absolute atomic E-state index is 0.255. The Bertz CT molecular complexity index is 947. The summed E-state index contributed by atoms with van der Waals surface area (Å²) in [7, 11) is 0. The summed E-state index contributed by atoms with van der Waals surface area (Å²) in [4.78, 5) is 24.8. The van der Waals surface area contributed by atoms with Gasteiger partial charge in [-0.05, 0) is 35.0 Å². The molecule has 0 unspecified atom stereocenters. The van der Waals surface area contributed by atoms with E-state index in [1.165, 1.54) is 0 Å². The quantitative estimate of drug-likeness (QED) is 0.695. The lowest BCUT2D eigenvalue weighted by Gasteiger charge is -2.11. The molecule has 0 aliphatic carbocycles. The average molecular weight is 330 g/mol. The maximum absolute atomic E-state index is 12.6. The number of nitrogens with one attached hydrogen (secondary N) is 2. The monoisotopic (exact) mass is 330 g/mol. The molecule has 124 valence electrons. The molecule has 0 atom stereocenters. The molecule has 2 N–H and O–H groups in total. The Morgan fingerprint density at radius 1 is 0.880 bits per heavy atom. The van der Waals surface area contributed by atoms with Gasteiger partial charge in [0.2, 0.25) is 0 Å². The van der Waals surface area contributed by atoms with Gasteiger partial charge in [0.15, 0.2) is 0 Å². The molecule has 0 fully saturated rings. The fourth-order valence-electron chi connectivity index (χ4n) is 2.58. The van der Waals surface area contributed by atoms with Gasteiger partial charge in [-0.1, -0.05) is 48.5 Å². The van der Waals surface area contributed by atoms with Crippen molar-refractivity contribution in [3.63, 3.8) is 0 Å². The maximum Gasteiger partial charge on any atom is 0.255 e. The van der Waals surface area contributed by atoms with Gasteiger partial charge in [0.05, 0.1) is 11.3 Å². The molecule has 0 heterocycles. The van der Waals surface area contributed by atoms with Crippen LogP contribution in [-0.4, -0.2) is 18.4 Å². The number of fused-ring (bicyclic) bond motifs is 1. The summed E-state index contributed by atoms with van der Waals surface area (Å²) >= 11 is 0. The van der Waals surface area contributed by atoms with E-state index in [0.717, 1.165) is 10.8 Å². The number of hydrogen-bond donors (Lipinski definition) is 2. The van der Waals surface area contributed by atoms with Gasteiger partial charge in [-0.15, -0.1) is 6.58 Å². The third-order valence-electron chi connectivity index (χ3n) is 3.84. The minimum atomic E-state index is -0.255. The number of hydrogen-bond acceptors (Lipinski definition) is 2. The molecule has 0 bridgehead atoms. The zero-order chi connectivity index (χ0) is 17.6. The van der Waals surface area contributed by atoms with Crippen molar-refractivity contribution in [3.05, 3.63) is 90.5 Å². The highest BCUT2D eigenvalue weighted by Gasteiger charge is 2.13. The van der Waals surface area contributed by atoms with Gasteiger partial charge in [0.25, 0.3) is 11.8 Å². The summed E-state index contributed by atoms with van der Waals surface area (Å²) in [6.45, 7) is 3.94. The zero-order valence-corrected chi connectivity index (χ0v) is 13.7. The third kappa shape index (κ3) is 3.75. The van der Waals surface area contributed by atoms with Crippen LogP contribution in [0.25, 0.3) is 10.8 Å². The van der Waals surface area contributed by atoms with E-state index in [-0.39, 0.29) is 11.8 Å². The van der Waals surface area contributed by atoms with Crippen LogP contribution in [0.1, 0.15) is 20.7 Å². The molecule has 0 radical (unpaired) electrons. The number of carbonyl (C=O) groups is 2. The van der Waals surface area contributed by atoms with Crippen molar-refractivity contribution >= 4 is 28.3 Å². The van der Waals surface area contributed by atoms with Crippen molar-refractivity contribution < 1.29 is 9.59 Å². The van der Waals surface area contributed by atoms with Gasteiger partial charge in [-0.25, -0.2) is 0 Å². The highest BCUT2D eigenvalue weighted by atomic mass is 16.2. The van der Waals surface area contributed by atoms with Gasteiger partial charge >= 0.3 is 0 Å². The Hall–Kier alpha value is -3.40. The first-order valence-electron chi connectivity index (χ1n) is 7.97. The number of rotatable bonds is 5. The molecule has 0 aliphatic rings. The number of carbonyl (C=O) groups excluding carboxylic acids is 2. The zero-order valence-electron chi connectivity index (χ0n) is 13.7. The van der Waals surface area contributed by atoms with E-state index in [1.54, 1.807) is 36.4 Å². The van der Waals surface area contributed by atoms with Gasteiger partial charge in [-0.3, -0.25) is 9.59 Å². The van der Waals surface area contributed by atoms with Crippen molar-refractivity contribution in [1.82, 2.24) is 5.32 Å². The van der Waals surface area contributed by atoms with Crippen LogP contribution in [0.5, 0.6) is 0 Å². The molecule has 25 heavy (non-hydrogen) atoms. The Morgan fingerprint density at radius 3 is 2.40 bits per heavy atom. The molecule has 0 saturated carbocycles. The van der Waals surface area contributed by atoms with Gasteiger partial charge in [-0.2, -0.15) is 0 Å². The van der Waals surface area contributed by atoms with Crippen molar-refractivity contribution in [2.75, 3.05) is 11.9 Å². The van der Waals surface area contributed by atoms with Crippen molar-refractivity contribution in [3.8, 4) is 0 Å². The Labute approximate surface area is 146 Å². The fraction of sp³-hybridized carbons (Fsp3) is 0.0476. The first kappa shape index (κ1) is 16.5. The van der Waals surface area contributed by atoms with Crippen LogP contribution >= 0.6 is 0 Å². The number of benzene rings is 3. The molecular weight excluding hydrogens is 312 g/mol. The first-order chi connectivity index (χ1) is 12.2. The first-order valence-corrected chi connectivity index (χ1v) is 7.97. The third-order valence-corrected chi connectivity index (χ3v) is 3.84. The van der Waals surface area contributed by atoms with Crippen LogP contribution in [0.15, 0.2) is 79.4 Å². The molecular formula is C21H18N2O2. The Morgan fingerprint density at radius 2 is 1.60 bits per heavy atom. The molecule has 2 amide bonds. The summed E-state index contributed by atoms with van der Waals surface area (Å²) < 4.78 is 0. The van der Waals surface area contributed by atoms with E-state index in [1.807, 2.05) is 36.4 Å². The molecule has 3 aromatic carbocycles. The molecule has 3 aromatic rings. The number of para-hydroxylation sites is 1. The van der Waals surface area contributed by atoms with E-state index in [4.69, 9.17) is 0 Å². The largest absolute Gasteiger partial charge is 0.349 e. The molecule has 0 spiro atoms. The molecule has 0 aromatic heterocycles. The van der Waals surface area contributed by atoms with Crippen molar-refractivity contribution in [2.24, 2.45) is 0 Å². The van der Waals surface area contributed by atoms with Gasteiger partial charge in [0.1, 0.15) is 0 Å². The SMILES string of the molecule is C=CCNC(=O)c1ccccc1NC(=O)c1ccc2ccccc2c1. The standard InChI is InChI=1S/C21H18N2O2/c1-2-13-22-21(25)18-9-5-6-10-19(18)23-20(24)17-12-11-15-7-3-4-8-16(15)14-17/h2-12,14H,1,13H2,(H,22,25)(H,23,24). The summed E-state index contributed by atoms with van der Waals surface area (Å²) in [6, 6.07) is 20.3. The van der Waals surface area contributed by atoms with Gasteiger partial charge < -0.3 is 10.6 Å². The minimum Gasteiger partial charge on any atom is -0.349 e. The fourth-order valence-corrected chi connectivity index (χ4v) is 2.58. The second-order valence-electron chi connectivity index (χ2n) is 5.56. The van der Waals surface area contributed by atoms with Crippen LogP contribution in [0, 0.1) is 0 Å². The van der Waals surface area contributed by atoms with Gasteiger partial charge in [0, 0.05) is 12.1 Å². The topological polar surface area (TPSA) is 58.2 Å². The predicted octanol–water partition coefficient (Wildman–Crippen LogP) is 4.01. The summed E-state index contributed by atoms with van der Waals surface area (Å²) in [6.07, 6.45) is 1.61. The molecule has 0 aliphatic heterocycles. The number of anilines is 1. The van der Waals surface area contributed by atoms with E-state index < -0.39 is 0 Å². The summed E-state index contributed by atoms with van der Waals surface area (Å²) in [5, 5.41) is 7.61. The number of amides is 2. The van der Waals surface area contributed by atoms with Crippen LogP contribution in [0.2, 0.25) is 0 Å². The highest BCUT2D eigenvalue weighted by molar-refractivity contribution is 6.10. The van der Waals surface area contributed by atoms with Crippen LogP contribution in [-0.2, 0) is 0 Å². The lowest BCUT2D eigenvalue weighted by molar-refractivity contribution is 0.0959. The van der Waals surface area contributed by atoms with E-state index >= 15 is 0 Å². The second kappa shape index (κ2) is 7.45. The highest BCUT2D eigenvalue weighted by Crippen LogP contribution is 2.19. The Balaban J connectivity index is 1.85. The summed E-state index contributed by atoms with van der Waals surface area (Å²) in [5.74, 6) is -0.510. The average Bonchev–Trinajstić information content (AvgIpc) is 2.66. The predicted molar refractivity (Wildman–Crippen MR) is 101 cm³/mol. The summed E-state index contributed by atoms with van der Waals surface area (Å²) in [5.41, 5.74) is 1.43. The Kier molecular flexibility index (Phi) is 4.90. The lowest BCUT2D eigenvalue weighted by atomic mass is 10.1. The van der Waals surface area contributed by atoms with Crippen molar-refractivity contribution in [1.29, 1.82) is 0 Å². The smallest absolute Gasteiger partial charge is 0.255 e. The lowest BCUT2D eigenvalue weighted by Crippen LogP contribution is -2.25. The molecule has 0 saturated heterocycles. The van der Waals surface area contributed by atoms with Crippen LogP contribution < -0.4 is 10.6 Å². The molecule has 3 rings (SSSR count). The van der Waals surface area contributed by atoms with E-state index in [2.05, 4.69) is 17.2 Å². The van der Waals surface area contributed by atoms with E-state index in [0.29, 0.717) is 23.4 Å². The van der Waals surface area contributed by atoms with E-state index in [9.17, 15) is 9.59 Å². The second-order valence-corrected chi connectivity index (χ2v) is 5.56. The maximum atomic E-state index is 12.6. The van der Waals surface area contributed by atoms with Crippen LogP contribution in [0.3, 0.4) is 0 Å². The molecule has 4 heteroatoms. The van der Waals surface area contributed by atoms with Crippen LogP contribution in [0.4, 0.5) is 5.69 Å². The van der Waals surface area contributed by atoms with Crippen molar-refractivity contribution in [2.45, 2.75) is 0 Å².